The molecule has 0 bridgehead atoms. The van der Waals surface area contributed by atoms with Crippen LogP contribution in [0.1, 0.15) is 74.2 Å². The smallest absolute Gasteiger partial charge is 0.343 e. The molecule has 1 aliphatic rings. The van der Waals surface area contributed by atoms with Crippen molar-refractivity contribution in [3.8, 4) is 17.6 Å². The van der Waals surface area contributed by atoms with Crippen molar-refractivity contribution in [2.45, 2.75) is 58.3 Å². The third-order valence-corrected chi connectivity index (χ3v) is 6.22. The highest BCUT2D eigenvalue weighted by atomic mass is 19.1. The molecular weight excluding hydrogens is 417 g/mol. The molecule has 1 saturated carbocycles. The van der Waals surface area contributed by atoms with Crippen LogP contribution < -0.4 is 9.47 Å². The van der Waals surface area contributed by atoms with Crippen molar-refractivity contribution >= 4 is 5.97 Å². The highest BCUT2D eigenvalue weighted by Crippen LogP contribution is 2.32. The van der Waals surface area contributed by atoms with Gasteiger partial charge in [0.1, 0.15) is 12.4 Å². The standard InChI is InChI=1S/C28H32FNO3/c1-2-3-4-6-21-8-10-22(11-9-21)7-5-18-32-25-15-13-24(14-16-25)28(31)33-27-17-12-23(20-30)19-26(27)29/h5,7,12-17,19,21-22H,2-4,6,8-11,18H2,1H3/b7-5+/t21-,22-. The number of hydrogen-bond donors (Lipinski definition) is 0. The number of carbonyl (C=O) groups is 1. The number of benzene rings is 2. The predicted molar refractivity (Wildman–Crippen MR) is 127 cm³/mol. The van der Waals surface area contributed by atoms with E-state index in [1.165, 1.54) is 63.5 Å². The molecule has 0 N–H and O–H groups in total. The third kappa shape index (κ3) is 7.75. The summed E-state index contributed by atoms with van der Waals surface area (Å²) < 4.78 is 24.8. The van der Waals surface area contributed by atoms with Gasteiger partial charge in [-0.05, 0) is 80.0 Å². The summed E-state index contributed by atoms with van der Waals surface area (Å²) in [6.07, 6.45) is 15.0. The van der Waals surface area contributed by atoms with Crippen molar-refractivity contribution < 1.29 is 18.7 Å². The Morgan fingerprint density at radius 1 is 1.12 bits per heavy atom. The van der Waals surface area contributed by atoms with Gasteiger partial charge in [-0.1, -0.05) is 44.8 Å². The van der Waals surface area contributed by atoms with Gasteiger partial charge in [-0.25, -0.2) is 9.18 Å². The Bertz CT molecular complexity index is 970. The van der Waals surface area contributed by atoms with Gasteiger partial charge < -0.3 is 9.47 Å². The van der Waals surface area contributed by atoms with Crippen molar-refractivity contribution in [1.29, 1.82) is 5.26 Å². The maximum Gasteiger partial charge on any atom is 0.343 e. The van der Waals surface area contributed by atoms with E-state index < -0.39 is 11.8 Å². The summed E-state index contributed by atoms with van der Waals surface area (Å²) in [5, 5.41) is 8.78. The van der Waals surface area contributed by atoms with E-state index >= 15 is 0 Å². The van der Waals surface area contributed by atoms with E-state index in [4.69, 9.17) is 14.7 Å². The number of hydrogen-bond acceptors (Lipinski definition) is 4. The lowest BCUT2D eigenvalue weighted by Gasteiger charge is -2.26. The molecule has 0 heterocycles. The van der Waals surface area contributed by atoms with Crippen LogP contribution in [-0.4, -0.2) is 12.6 Å². The molecule has 0 spiro atoms. The zero-order valence-electron chi connectivity index (χ0n) is 19.3. The van der Waals surface area contributed by atoms with E-state index in [0.717, 1.165) is 12.0 Å². The van der Waals surface area contributed by atoms with Crippen LogP contribution in [0.25, 0.3) is 0 Å². The van der Waals surface area contributed by atoms with Crippen molar-refractivity contribution in [2.24, 2.45) is 11.8 Å². The topological polar surface area (TPSA) is 59.3 Å². The third-order valence-electron chi connectivity index (χ3n) is 6.22. The lowest BCUT2D eigenvalue weighted by Crippen LogP contribution is -2.13. The van der Waals surface area contributed by atoms with Crippen LogP contribution in [0.2, 0.25) is 0 Å². The van der Waals surface area contributed by atoms with Crippen LogP contribution in [0.15, 0.2) is 54.6 Å². The van der Waals surface area contributed by atoms with Gasteiger partial charge in [0.15, 0.2) is 11.6 Å². The number of nitrogens with zero attached hydrogens (tertiary/aromatic N) is 1. The molecule has 0 atom stereocenters. The summed E-state index contributed by atoms with van der Waals surface area (Å²) in [5.41, 5.74) is 0.454. The van der Waals surface area contributed by atoms with Crippen molar-refractivity contribution in [3.05, 3.63) is 71.6 Å². The first-order valence-corrected chi connectivity index (χ1v) is 11.9. The normalized spacial score (nSPS) is 18.1. The van der Waals surface area contributed by atoms with Crippen LogP contribution in [0.3, 0.4) is 0 Å². The number of allylic oxidation sites excluding steroid dienone is 1. The summed E-state index contributed by atoms with van der Waals surface area (Å²) in [6.45, 7) is 2.74. The highest BCUT2D eigenvalue weighted by molar-refractivity contribution is 5.91. The fourth-order valence-electron chi connectivity index (χ4n) is 4.24. The molecule has 4 nitrogen and oxygen atoms in total. The molecule has 33 heavy (non-hydrogen) atoms. The van der Waals surface area contributed by atoms with Gasteiger partial charge in [-0.15, -0.1) is 0 Å². The minimum absolute atomic E-state index is 0.165. The van der Waals surface area contributed by atoms with Gasteiger partial charge in [0, 0.05) is 0 Å². The molecule has 174 valence electrons. The molecule has 1 fully saturated rings. The van der Waals surface area contributed by atoms with Crippen molar-refractivity contribution in [2.75, 3.05) is 6.61 Å². The Labute approximate surface area is 196 Å². The van der Waals surface area contributed by atoms with Crippen LogP contribution in [0.5, 0.6) is 11.5 Å². The van der Waals surface area contributed by atoms with Crippen LogP contribution in [0, 0.1) is 29.0 Å². The number of halogens is 1. The van der Waals surface area contributed by atoms with Crippen LogP contribution >= 0.6 is 0 Å². The molecule has 5 heteroatoms. The first kappa shape index (κ1) is 24.5. The number of esters is 1. The van der Waals surface area contributed by atoms with E-state index in [0.29, 0.717) is 18.3 Å². The molecule has 2 aromatic rings. The monoisotopic (exact) mass is 449 g/mol. The van der Waals surface area contributed by atoms with Gasteiger partial charge in [0.05, 0.1) is 17.2 Å². The Balaban J connectivity index is 1.40. The lowest BCUT2D eigenvalue weighted by molar-refractivity contribution is 0.0728. The Morgan fingerprint density at radius 3 is 2.55 bits per heavy atom. The van der Waals surface area contributed by atoms with E-state index in [1.807, 2.05) is 6.07 Å². The van der Waals surface area contributed by atoms with Gasteiger partial charge in [0.2, 0.25) is 0 Å². The Morgan fingerprint density at radius 2 is 1.88 bits per heavy atom. The first-order chi connectivity index (χ1) is 16.1. The zero-order chi connectivity index (χ0) is 23.5. The quantitative estimate of drug-likeness (QED) is 0.166. The minimum atomic E-state index is -0.751. The number of carbonyl (C=O) groups excluding carboxylic acids is 1. The number of unbranched alkanes of at least 4 members (excludes halogenated alkanes) is 2. The van der Waals surface area contributed by atoms with Crippen LogP contribution in [-0.2, 0) is 0 Å². The van der Waals surface area contributed by atoms with E-state index in [2.05, 4.69) is 19.1 Å². The molecule has 1 aliphatic carbocycles. The highest BCUT2D eigenvalue weighted by Gasteiger charge is 2.19. The second-order valence-electron chi connectivity index (χ2n) is 8.69. The summed E-state index contributed by atoms with van der Waals surface area (Å²) in [7, 11) is 0. The Hall–Kier alpha value is -3.13. The number of rotatable bonds is 10. The fraction of sp³-hybridized carbons (Fsp3) is 0.429. The second-order valence-corrected chi connectivity index (χ2v) is 8.69. The van der Waals surface area contributed by atoms with Gasteiger partial charge >= 0.3 is 5.97 Å². The maximum atomic E-state index is 13.9. The van der Waals surface area contributed by atoms with Gasteiger partial charge in [-0.3, -0.25) is 0 Å². The summed E-state index contributed by atoms with van der Waals surface area (Å²) in [4.78, 5) is 12.3. The SMILES string of the molecule is CCCCC[C@H]1CC[C@H](/C=C/COc2ccc(C(=O)Oc3ccc(C#N)cc3F)cc2)CC1. The molecule has 2 aromatic carbocycles. The average molecular weight is 450 g/mol. The maximum absolute atomic E-state index is 13.9. The molecule has 0 radical (unpaired) electrons. The predicted octanol–water partition coefficient (Wildman–Crippen LogP) is 7.24. The summed E-state index contributed by atoms with van der Waals surface area (Å²) in [5.74, 6) is 0.584. The molecule has 0 amide bonds. The molecule has 0 aromatic heterocycles. The van der Waals surface area contributed by atoms with E-state index in [1.54, 1.807) is 24.3 Å². The summed E-state index contributed by atoms with van der Waals surface area (Å²) in [6, 6.07) is 12.1. The van der Waals surface area contributed by atoms with Gasteiger partial charge in [0.25, 0.3) is 0 Å². The molecule has 0 unspecified atom stereocenters. The number of nitriles is 1. The molecule has 3 rings (SSSR count). The first-order valence-electron chi connectivity index (χ1n) is 11.9. The summed E-state index contributed by atoms with van der Waals surface area (Å²) >= 11 is 0. The molecular formula is C28H32FNO3. The average Bonchev–Trinajstić information content (AvgIpc) is 2.84. The number of ether oxygens (including phenoxy) is 2. The molecule has 0 aliphatic heterocycles. The fourth-order valence-corrected chi connectivity index (χ4v) is 4.24. The minimum Gasteiger partial charge on any atom is -0.490 e. The van der Waals surface area contributed by atoms with E-state index in [9.17, 15) is 9.18 Å². The zero-order valence-corrected chi connectivity index (χ0v) is 19.3. The second kappa shape index (κ2) is 12.8. The molecule has 0 saturated heterocycles. The lowest BCUT2D eigenvalue weighted by atomic mass is 9.79. The Kier molecular flexibility index (Phi) is 9.50. The van der Waals surface area contributed by atoms with E-state index in [-0.39, 0.29) is 16.9 Å². The van der Waals surface area contributed by atoms with Crippen LogP contribution in [0.4, 0.5) is 4.39 Å². The van der Waals surface area contributed by atoms with Gasteiger partial charge in [-0.2, -0.15) is 5.26 Å². The largest absolute Gasteiger partial charge is 0.490 e. The van der Waals surface area contributed by atoms with Crippen molar-refractivity contribution in [3.63, 3.8) is 0 Å². The van der Waals surface area contributed by atoms with Crippen molar-refractivity contribution in [1.82, 2.24) is 0 Å².